The van der Waals surface area contributed by atoms with Crippen LogP contribution in [0.4, 0.5) is 5.69 Å². The number of hydrogen-bond acceptors (Lipinski definition) is 3. The van der Waals surface area contributed by atoms with Crippen LogP contribution in [0.15, 0.2) is 54.6 Å². The second-order valence-electron chi connectivity index (χ2n) is 4.90. The molecule has 3 N–H and O–H groups in total. The van der Waals surface area contributed by atoms with Crippen LogP contribution in [0.5, 0.6) is 0 Å². The summed E-state index contributed by atoms with van der Waals surface area (Å²) in [6.45, 7) is 0.622. The summed E-state index contributed by atoms with van der Waals surface area (Å²) in [4.78, 5) is 12.9. The van der Waals surface area contributed by atoms with Crippen LogP contribution >= 0.6 is 11.3 Å². The third kappa shape index (κ3) is 3.23. The summed E-state index contributed by atoms with van der Waals surface area (Å²) in [5, 5.41) is 4.08. The molecule has 3 nitrogen and oxygen atoms in total. The Bertz CT molecular complexity index is 729. The van der Waals surface area contributed by atoms with Gasteiger partial charge in [0.1, 0.15) is 0 Å². The van der Waals surface area contributed by atoms with E-state index in [4.69, 9.17) is 5.73 Å². The van der Waals surface area contributed by atoms with E-state index >= 15 is 0 Å². The molecule has 2 aromatic carbocycles. The van der Waals surface area contributed by atoms with Crippen LogP contribution in [-0.2, 0) is 6.42 Å². The standard InChI is InChI=1S/C17H16N2OS/c18-14-7-5-12(6-8-14)9-10-19-17(20)16-11-13-3-1-2-4-15(13)21-16/h1-8,11H,9-10,18H2,(H,19,20). The van der Waals surface area contributed by atoms with E-state index in [-0.39, 0.29) is 5.91 Å². The summed E-state index contributed by atoms with van der Waals surface area (Å²) in [5.41, 5.74) is 7.57. The summed E-state index contributed by atoms with van der Waals surface area (Å²) in [6.07, 6.45) is 0.802. The van der Waals surface area contributed by atoms with E-state index in [9.17, 15) is 4.79 Å². The highest BCUT2D eigenvalue weighted by molar-refractivity contribution is 7.20. The Morgan fingerprint density at radius 1 is 1.10 bits per heavy atom. The van der Waals surface area contributed by atoms with Crippen molar-refractivity contribution < 1.29 is 4.79 Å². The molecule has 0 fully saturated rings. The van der Waals surface area contributed by atoms with Crippen molar-refractivity contribution in [2.24, 2.45) is 0 Å². The Hall–Kier alpha value is -2.33. The molecule has 106 valence electrons. The van der Waals surface area contributed by atoms with Gasteiger partial charge in [-0.25, -0.2) is 0 Å². The first-order chi connectivity index (χ1) is 10.2. The minimum Gasteiger partial charge on any atom is -0.399 e. The van der Waals surface area contributed by atoms with Crippen molar-refractivity contribution in [1.29, 1.82) is 0 Å². The molecular weight excluding hydrogens is 280 g/mol. The van der Waals surface area contributed by atoms with Crippen molar-refractivity contribution in [3.8, 4) is 0 Å². The number of carbonyl (C=O) groups excluding carboxylic acids is 1. The second-order valence-corrected chi connectivity index (χ2v) is 5.98. The zero-order chi connectivity index (χ0) is 14.7. The average Bonchev–Trinajstić information content (AvgIpc) is 2.93. The van der Waals surface area contributed by atoms with Gasteiger partial charge in [0.15, 0.2) is 0 Å². The fourth-order valence-electron chi connectivity index (χ4n) is 2.19. The number of thiophene rings is 1. The summed E-state index contributed by atoms with van der Waals surface area (Å²) in [5.74, 6) is -0.00774. The van der Waals surface area contributed by atoms with Crippen LogP contribution in [0.2, 0.25) is 0 Å². The number of nitrogens with two attached hydrogens (primary N) is 1. The van der Waals surface area contributed by atoms with E-state index < -0.39 is 0 Å². The minimum absolute atomic E-state index is 0.00774. The van der Waals surface area contributed by atoms with Gasteiger partial charge in [-0.2, -0.15) is 0 Å². The molecule has 3 aromatic rings. The Kier molecular flexibility index (Phi) is 3.88. The summed E-state index contributed by atoms with van der Waals surface area (Å²) in [6, 6.07) is 17.7. The highest BCUT2D eigenvalue weighted by Crippen LogP contribution is 2.24. The first-order valence-corrected chi connectivity index (χ1v) is 7.65. The maximum Gasteiger partial charge on any atom is 0.261 e. The molecular formula is C17H16N2OS. The molecule has 0 aliphatic heterocycles. The predicted octanol–water partition coefficient (Wildman–Crippen LogP) is 3.46. The Morgan fingerprint density at radius 2 is 1.86 bits per heavy atom. The average molecular weight is 296 g/mol. The van der Waals surface area contributed by atoms with Gasteiger partial charge in [0.2, 0.25) is 0 Å². The number of amides is 1. The number of anilines is 1. The zero-order valence-corrected chi connectivity index (χ0v) is 12.3. The molecule has 0 saturated carbocycles. The fraction of sp³-hybridized carbons (Fsp3) is 0.118. The molecule has 3 rings (SSSR count). The van der Waals surface area contributed by atoms with E-state index in [0.29, 0.717) is 6.54 Å². The molecule has 1 heterocycles. The number of nitrogens with one attached hydrogen (secondary N) is 1. The van der Waals surface area contributed by atoms with E-state index in [0.717, 1.165) is 27.1 Å². The molecule has 4 heteroatoms. The van der Waals surface area contributed by atoms with Crippen molar-refractivity contribution in [3.05, 3.63) is 65.0 Å². The van der Waals surface area contributed by atoms with Crippen LogP contribution in [-0.4, -0.2) is 12.5 Å². The first kappa shape index (κ1) is 13.6. The van der Waals surface area contributed by atoms with E-state index in [2.05, 4.69) is 5.32 Å². The van der Waals surface area contributed by atoms with Crippen LogP contribution in [0, 0.1) is 0 Å². The predicted molar refractivity (Wildman–Crippen MR) is 88.7 cm³/mol. The zero-order valence-electron chi connectivity index (χ0n) is 11.5. The SMILES string of the molecule is Nc1ccc(CCNC(=O)c2cc3ccccc3s2)cc1. The maximum absolute atomic E-state index is 12.1. The van der Waals surface area contributed by atoms with Gasteiger partial charge in [-0.3, -0.25) is 4.79 Å². The highest BCUT2D eigenvalue weighted by atomic mass is 32.1. The Labute approximate surface area is 127 Å². The van der Waals surface area contributed by atoms with Gasteiger partial charge in [-0.1, -0.05) is 30.3 Å². The topological polar surface area (TPSA) is 55.1 Å². The van der Waals surface area contributed by atoms with Crippen molar-refractivity contribution >= 4 is 33.0 Å². The van der Waals surface area contributed by atoms with Crippen LogP contribution in [0.3, 0.4) is 0 Å². The van der Waals surface area contributed by atoms with Gasteiger partial charge in [-0.15, -0.1) is 11.3 Å². The van der Waals surface area contributed by atoms with E-state index in [1.54, 1.807) is 0 Å². The summed E-state index contributed by atoms with van der Waals surface area (Å²) >= 11 is 1.53. The lowest BCUT2D eigenvalue weighted by atomic mass is 10.1. The Balaban J connectivity index is 1.60. The molecule has 0 saturated heterocycles. The number of rotatable bonds is 4. The molecule has 0 unspecified atom stereocenters. The molecule has 0 aliphatic carbocycles. The number of fused-ring (bicyclic) bond motifs is 1. The van der Waals surface area contributed by atoms with Gasteiger partial charge in [-0.05, 0) is 41.6 Å². The number of carbonyl (C=O) groups is 1. The van der Waals surface area contributed by atoms with E-state index in [1.807, 2.05) is 54.6 Å². The normalized spacial score (nSPS) is 10.7. The third-order valence-corrected chi connectivity index (χ3v) is 4.44. The number of benzene rings is 2. The van der Waals surface area contributed by atoms with Crippen molar-refractivity contribution in [3.63, 3.8) is 0 Å². The molecule has 0 atom stereocenters. The van der Waals surface area contributed by atoms with Crippen LogP contribution < -0.4 is 11.1 Å². The van der Waals surface area contributed by atoms with Gasteiger partial charge >= 0.3 is 0 Å². The quantitative estimate of drug-likeness (QED) is 0.724. The van der Waals surface area contributed by atoms with E-state index in [1.165, 1.54) is 16.9 Å². The summed E-state index contributed by atoms with van der Waals surface area (Å²) in [7, 11) is 0. The molecule has 21 heavy (non-hydrogen) atoms. The minimum atomic E-state index is -0.00774. The number of hydrogen-bond donors (Lipinski definition) is 2. The van der Waals surface area contributed by atoms with Crippen molar-refractivity contribution in [2.75, 3.05) is 12.3 Å². The molecule has 1 amide bonds. The summed E-state index contributed by atoms with van der Waals surface area (Å²) < 4.78 is 1.14. The lowest BCUT2D eigenvalue weighted by Crippen LogP contribution is -2.24. The second kappa shape index (κ2) is 5.97. The van der Waals surface area contributed by atoms with Crippen LogP contribution in [0.1, 0.15) is 15.2 Å². The maximum atomic E-state index is 12.1. The lowest BCUT2D eigenvalue weighted by Gasteiger charge is -2.04. The monoisotopic (exact) mass is 296 g/mol. The largest absolute Gasteiger partial charge is 0.399 e. The first-order valence-electron chi connectivity index (χ1n) is 6.83. The van der Waals surface area contributed by atoms with Crippen molar-refractivity contribution in [1.82, 2.24) is 5.32 Å². The molecule has 0 aliphatic rings. The number of nitrogen functional groups attached to an aromatic ring is 1. The molecule has 0 bridgehead atoms. The van der Waals surface area contributed by atoms with Gasteiger partial charge in [0.25, 0.3) is 5.91 Å². The van der Waals surface area contributed by atoms with Gasteiger partial charge in [0.05, 0.1) is 4.88 Å². The van der Waals surface area contributed by atoms with Crippen LogP contribution in [0.25, 0.3) is 10.1 Å². The smallest absolute Gasteiger partial charge is 0.261 e. The highest BCUT2D eigenvalue weighted by Gasteiger charge is 2.09. The van der Waals surface area contributed by atoms with Crippen molar-refractivity contribution in [2.45, 2.75) is 6.42 Å². The lowest BCUT2D eigenvalue weighted by molar-refractivity contribution is 0.0958. The van der Waals surface area contributed by atoms with Gasteiger partial charge < -0.3 is 11.1 Å². The third-order valence-electron chi connectivity index (χ3n) is 3.33. The fourth-order valence-corrected chi connectivity index (χ4v) is 3.16. The molecule has 0 spiro atoms. The molecule has 0 radical (unpaired) electrons. The molecule has 1 aromatic heterocycles. The van der Waals surface area contributed by atoms with Gasteiger partial charge in [0, 0.05) is 16.9 Å². The Morgan fingerprint density at radius 3 is 2.62 bits per heavy atom.